The van der Waals surface area contributed by atoms with Crippen LogP contribution in [0.2, 0.25) is 0 Å². The topological polar surface area (TPSA) is 38.3 Å². The second-order valence-corrected chi connectivity index (χ2v) is 14.5. The van der Waals surface area contributed by atoms with Gasteiger partial charge in [0.25, 0.3) is 0 Å². The quantitative estimate of drug-likeness (QED) is 0.220. The highest BCUT2D eigenvalue weighted by Gasteiger charge is 2.59. The summed E-state index contributed by atoms with van der Waals surface area (Å²) in [6.07, 6.45) is 21.6. The maximum atomic E-state index is 12.4. The molecule has 1 N–H and O–H groups in total. The van der Waals surface area contributed by atoms with Crippen molar-refractivity contribution in [1.82, 2.24) is 5.32 Å². The summed E-state index contributed by atoms with van der Waals surface area (Å²) >= 11 is 0. The zero-order valence-corrected chi connectivity index (χ0v) is 25.2. The predicted octanol–water partition coefficient (Wildman–Crippen LogP) is 9.70. The molecule has 0 aromatic rings. The molecule has 0 spiro atoms. The molecule has 3 heteroatoms. The van der Waals surface area contributed by atoms with Crippen molar-refractivity contribution in [1.29, 1.82) is 0 Å². The van der Waals surface area contributed by atoms with Crippen molar-refractivity contribution in [3.63, 3.8) is 0 Å². The normalized spacial score (nSPS) is 37.8. The van der Waals surface area contributed by atoms with Crippen molar-refractivity contribution in [2.45, 2.75) is 144 Å². The van der Waals surface area contributed by atoms with Gasteiger partial charge in [0.2, 0.25) is 0 Å². The summed E-state index contributed by atoms with van der Waals surface area (Å²) in [5.41, 5.74) is 2.48. The van der Waals surface area contributed by atoms with Gasteiger partial charge in [-0.2, -0.15) is 0 Å². The van der Waals surface area contributed by atoms with Crippen LogP contribution in [-0.2, 0) is 4.74 Å². The number of hydrogen-bond donors (Lipinski definition) is 1. The van der Waals surface area contributed by atoms with Gasteiger partial charge in [0.05, 0.1) is 0 Å². The van der Waals surface area contributed by atoms with E-state index in [1.54, 1.807) is 5.57 Å². The molecule has 212 valence electrons. The van der Waals surface area contributed by atoms with Gasteiger partial charge in [0.15, 0.2) is 0 Å². The fraction of sp³-hybridized carbons (Fsp3) is 0.912. The predicted molar refractivity (Wildman–Crippen MR) is 155 cm³/mol. The number of nitrogens with one attached hydrogen (secondary N) is 1. The van der Waals surface area contributed by atoms with E-state index in [1.165, 1.54) is 77.0 Å². The number of unbranched alkanes of at least 4 members (excludes halogenated alkanes) is 3. The average Bonchev–Trinajstić information content (AvgIpc) is 3.21. The van der Waals surface area contributed by atoms with E-state index in [4.69, 9.17) is 4.74 Å². The number of amides is 1. The molecule has 0 aromatic heterocycles. The molecule has 0 saturated heterocycles. The van der Waals surface area contributed by atoms with Crippen LogP contribution < -0.4 is 5.32 Å². The fourth-order valence-electron chi connectivity index (χ4n) is 9.69. The number of alkyl carbamates (subject to hydrolysis) is 1. The van der Waals surface area contributed by atoms with Gasteiger partial charge in [-0.25, -0.2) is 4.79 Å². The van der Waals surface area contributed by atoms with E-state index in [9.17, 15) is 4.79 Å². The molecule has 3 fully saturated rings. The van der Waals surface area contributed by atoms with Gasteiger partial charge in [-0.1, -0.05) is 91.7 Å². The van der Waals surface area contributed by atoms with Gasteiger partial charge in [0.1, 0.15) is 6.10 Å². The number of hydrogen-bond acceptors (Lipinski definition) is 2. The van der Waals surface area contributed by atoms with Gasteiger partial charge in [-0.15, -0.1) is 0 Å². The third-order valence-electron chi connectivity index (χ3n) is 11.8. The molecule has 1 amide bonds. The van der Waals surface area contributed by atoms with Crippen LogP contribution in [0.4, 0.5) is 4.79 Å². The number of ether oxygens (including phenoxy) is 1. The average molecular weight is 514 g/mol. The summed E-state index contributed by atoms with van der Waals surface area (Å²) in [5.74, 6) is 5.24. The van der Waals surface area contributed by atoms with Crippen LogP contribution in [0.5, 0.6) is 0 Å². The van der Waals surface area contributed by atoms with Crippen LogP contribution in [0, 0.1) is 46.3 Å². The molecule has 8 atom stereocenters. The van der Waals surface area contributed by atoms with E-state index < -0.39 is 0 Å². The van der Waals surface area contributed by atoms with E-state index in [1.807, 2.05) is 0 Å². The number of carbonyl (C=O) groups excluding carboxylic acids is 1. The monoisotopic (exact) mass is 513 g/mol. The minimum absolute atomic E-state index is 0.0583. The Morgan fingerprint density at radius 2 is 1.81 bits per heavy atom. The van der Waals surface area contributed by atoms with Gasteiger partial charge in [-0.3, -0.25) is 0 Å². The maximum absolute atomic E-state index is 12.4. The lowest BCUT2D eigenvalue weighted by Crippen LogP contribution is -2.51. The van der Waals surface area contributed by atoms with Crippen LogP contribution >= 0.6 is 0 Å². The summed E-state index contributed by atoms with van der Waals surface area (Å²) in [6, 6.07) is 0. The lowest BCUT2D eigenvalue weighted by Gasteiger charge is -2.58. The van der Waals surface area contributed by atoms with Crippen LogP contribution in [0.15, 0.2) is 11.6 Å². The van der Waals surface area contributed by atoms with Crippen molar-refractivity contribution >= 4 is 6.09 Å². The van der Waals surface area contributed by atoms with Gasteiger partial charge in [0, 0.05) is 13.0 Å². The zero-order valence-electron chi connectivity index (χ0n) is 25.2. The largest absolute Gasteiger partial charge is 0.446 e. The Morgan fingerprint density at radius 3 is 2.57 bits per heavy atom. The van der Waals surface area contributed by atoms with E-state index >= 15 is 0 Å². The summed E-state index contributed by atoms with van der Waals surface area (Å²) in [6.45, 7) is 15.5. The highest BCUT2D eigenvalue weighted by atomic mass is 16.6. The Labute approximate surface area is 229 Å². The SMILES string of the molecule is CCCCCCNC(=O)O[C@H]1CC[C@@]2(C)C(=CC[C@@H]3[C@H]4CC[C@@H]([C@H](C)CCCC(C)C)[C@@]4(C)CC[C@H]32)C1. The van der Waals surface area contributed by atoms with Crippen molar-refractivity contribution in [3.8, 4) is 0 Å². The first kappa shape index (κ1) is 29.0. The molecule has 37 heavy (non-hydrogen) atoms. The van der Waals surface area contributed by atoms with E-state index in [0.29, 0.717) is 10.8 Å². The number of rotatable bonds is 11. The van der Waals surface area contributed by atoms with Crippen LogP contribution in [0.3, 0.4) is 0 Å². The number of fused-ring (bicyclic) bond motifs is 5. The smallest absolute Gasteiger partial charge is 0.407 e. The third-order valence-corrected chi connectivity index (χ3v) is 11.8. The minimum Gasteiger partial charge on any atom is -0.446 e. The molecule has 0 aromatic carbocycles. The minimum atomic E-state index is -0.202. The Hall–Kier alpha value is -0.990. The molecule has 0 heterocycles. The number of allylic oxidation sites excluding steroid dienone is 1. The molecule has 4 rings (SSSR count). The van der Waals surface area contributed by atoms with Gasteiger partial charge >= 0.3 is 6.09 Å². The van der Waals surface area contributed by atoms with Crippen molar-refractivity contribution < 1.29 is 9.53 Å². The second kappa shape index (κ2) is 12.5. The molecular formula is C34H59NO2. The zero-order chi connectivity index (χ0) is 26.6. The summed E-state index contributed by atoms with van der Waals surface area (Å²) < 4.78 is 5.91. The Balaban J connectivity index is 1.34. The van der Waals surface area contributed by atoms with E-state index in [-0.39, 0.29) is 12.2 Å². The van der Waals surface area contributed by atoms with Crippen molar-refractivity contribution in [2.24, 2.45) is 46.3 Å². The highest BCUT2D eigenvalue weighted by Crippen LogP contribution is 2.67. The highest BCUT2D eigenvalue weighted by molar-refractivity contribution is 5.67. The van der Waals surface area contributed by atoms with E-state index in [2.05, 4.69) is 52.9 Å². The fourth-order valence-corrected chi connectivity index (χ4v) is 9.69. The lowest BCUT2D eigenvalue weighted by atomic mass is 9.47. The van der Waals surface area contributed by atoms with Crippen LogP contribution in [0.25, 0.3) is 0 Å². The van der Waals surface area contributed by atoms with Crippen molar-refractivity contribution in [3.05, 3.63) is 11.6 Å². The van der Waals surface area contributed by atoms with Crippen LogP contribution in [-0.4, -0.2) is 18.7 Å². The standard InChI is InChI=1S/C34H59NO2/c1-7-8-9-10-22-35-32(36)37-27-18-20-33(5)26(23-27)14-15-28-30-17-16-29(25(4)13-11-12-24(2)3)34(30,6)21-19-31(28)33/h14,24-25,27-31H,7-13,15-23H2,1-6H3,(H,35,36)/t25-,27+,28-,29+,30-,31-,33+,34-/m1/s1. The summed E-state index contributed by atoms with van der Waals surface area (Å²) in [7, 11) is 0. The Morgan fingerprint density at radius 1 is 1.00 bits per heavy atom. The van der Waals surface area contributed by atoms with Crippen molar-refractivity contribution in [2.75, 3.05) is 6.54 Å². The molecule has 0 radical (unpaired) electrons. The third kappa shape index (κ3) is 6.27. The molecule has 0 bridgehead atoms. The maximum Gasteiger partial charge on any atom is 0.407 e. The lowest BCUT2D eigenvalue weighted by molar-refractivity contribution is -0.0581. The van der Waals surface area contributed by atoms with Gasteiger partial charge in [-0.05, 0) is 97.7 Å². The van der Waals surface area contributed by atoms with Gasteiger partial charge < -0.3 is 10.1 Å². The first-order valence-corrected chi connectivity index (χ1v) is 16.3. The summed E-state index contributed by atoms with van der Waals surface area (Å²) in [5, 5.41) is 3.00. The van der Waals surface area contributed by atoms with E-state index in [0.717, 1.165) is 61.3 Å². The molecular weight excluding hydrogens is 454 g/mol. The second-order valence-electron chi connectivity index (χ2n) is 14.5. The molecule has 0 unspecified atom stereocenters. The molecule has 3 saturated carbocycles. The summed E-state index contributed by atoms with van der Waals surface area (Å²) in [4.78, 5) is 12.4. The number of carbonyl (C=O) groups is 1. The Kier molecular flexibility index (Phi) is 9.77. The molecule has 4 aliphatic rings. The Bertz CT molecular complexity index is 789. The molecule has 3 nitrogen and oxygen atoms in total. The van der Waals surface area contributed by atoms with Crippen LogP contribution in [0.1, 0.15) is 138 Å². The first-order chi connectivity index (χ1) is 17.7. The first-order valence-electron chi connectivity index (χ1n) is 16.3. The molecule has 0 aliphatic heterocycles. The molecule has 4 aliphatic carbocycles.